The van der Waals surface area contributed by atoms with E-state index in [1.54, 1.807) is 31.2 Å². The molecule has 2 amide bonds. The number of carbonyl (C=O) groups excluding carboxylic acids is 3. The second-order valence-electron chi connectivity index (χ2n) is 3.82. The molecule has 96 valence electrons. The Morgan fingerprint density at radius 2 is 1.94 bits per heavy atom. The number of anilines is 1. The monoisotopic (exact) mass is 248 g/mol. The Balaban J connectivity index is 2.68. The van der Waals surface area contributed by atoms with E-state index in [0.29, 0.717) is 17.7 Å². The topological polar surface area (TPSA) is 75.3 Å². The normalized spacial score (nSPS) is 9.67. The molecular formula is C13H16N2O3. The molecule has 0 heterocycles. The van der Waals surface area contributed by atoms with Crippen LogP contribution in [-0.2, 0) is 9.59 Å². The molecule has 5 heteroatoms. The van der Waals surface area contributed by atoms with Crippen LogP contribution < -0.4 is 10.6 Å². The summed E-state index contributed by atoms with van der Waals surface area (Å²) in [5.74, 6) is -0.552. The predicted molar refractivity (Wildman–Crippen MR) is 68.4 cm³/mol. The van der Waals surface area contributed by atoms with E-state index in [1.807, 2.05) is 0 Å². The zero-order valence-corrected chi connectivity index (χ0v) is 10.4. The molecule has 0 radical (unpaired) electrons. The number of rotatable bonds is 5. The summed E-state index contributed by atoms with van der Waals surface area (Å²) in [5.41, 5.74) is 1.02. The molecule has 0 aliphatic rings. The van der Waals surface area contributed by atoms with Crippen LogP contribution in [0.3, 0.4) is 0 Å². The Bertz CT molecular complexity index is 469. The van der Waals surface area contributed by atoms with E-state index in [9.17, 15) is 14.4 Å². The van der Waals surface area contributed by atoms with Gasteiger partial charge in [-0.25, -0.2) is 0 Å². The minimum absolute atomic E-state index is 0.0315. The number of ketones is 1. The van der Waals surface area contributed by atoms with Gasteiger partial charge in [0.05, 0.1) is 6.54 Å². The average Bonchev–Trinajstić information content (AvgIpc) is 2.35. The van der Waals surface area contributed by atoms with E-state index in [4.69, 9.17) is 0 Å². The molecule has 5 nitrogen and oxygen atoms in total. The van der Waals surface area contributed by atoms with Crippen LogP contribution in [-0.4, -0.2) is 24.1 Å². The summed E-state index contributed by atoms with van der Waals surface area (Å²) >= 11 is 0. The molecule has 0 saturated carbocycles. The van der Waals surface area contributed by atoms with Crippen molar-refractivity contribution in [3.05, 3.63) is 29.8 Å². The van der Waals surface area contributed by atoms with Crippen molar-refractivity contribution in [1.82, 2.24) is 5.32 Å². The quantitative estimate of drug-likeness (QED) is 0.772. The van der Waals surface area contributed by atoms with Gasteiger partial charge in [0.15, 0.2) is 5.78 Å². The molecule has 0 saturated heterocycles. The van der Waals surface area contributed by atoms with E-state index >= 15 is 0 Å². The lowest BCUT2D eigenvalue weighted by Gasteiger charge is -2.06. The van der Waals surface area contributed by atoms with Gasteiger partial charge in [0.2, 0.25) is 11.8 Å². The van der Waals surface area contributed by atoms with Gasteiger partial charge in [-0.1, -0.05) is 19.1 Å². The van der Waals surface area contributed by atoms with Gasteiger partial charge in [-0.05, 0) is 12.1 Å². The van der Waals surface area contributed by atoms with Crippen molar-refractivity contribution in [1.29, 1.82) is 0 Å². The third kappa shape index (κ3) is 4.37. The number of carbonyl (C=O) groups is 3. The highest BCUT2D eigenvalue weighted by molar-refractivity contribution is 6.00. The van der Waals surface area contributed by atoms with E-state index < -0.39 is 0 Å². The van der Waals surface area contributed by atoms with Crippen LogP contribution in [0, 0.1) is 0 Å². The van der Waals surface area contributed by atoms with Crippen molar-refractivity contribution in [3.63, 3.8) is 0 Å². The third-order valence-electron chi connectivity index (χ3n) is 2.27. The molecule has 0 fully saturated rings. The van der Waals surface area contributed by atoms with E-state index in [1.165, 1.54) is 6.92 Å². The standard InChI is InChI=1S/C13H16N2O3/c1-3-13(18)14-8-12(17)10-5-4-6-11(7-10)15-9(2)16/h4-7H,3,8H2,1-2H3,(H,14,18)(H,15,16). The van der Waals surface area contributed by atoms with Crippen molar-refractivity contribution in [3.8, 4) is 0 Å². The Hall–Kier alpha value is -2.17. The number of amides is 2. The van der Waals surface area contributed by atoms with Crippen molar-refractivity contribution < 1.29 is 14.4 Å². The first kappa shape index (κ1) is 13.9. The minimum Gasteiger partial charge on any atom is -0.349 e. The highest BCUT2D eigenvalue weighted by Gasteiger charge is 2.08. The first-order valence-corrected chi connectivity index (χ1v) is 5.70. The summed E-state index contributed by atoms with van der Waals surface area (Å²) in [6, 6.07) is 6.61. The van der Waals surface area contributed by atoms with Gasteiger partial charge in [-0.15, -0.1) is 0 Å². The summed E-state index contributed by atoms with van der Waals surface area (Å²) in [6.07, 6.45) is 0.346. The zero-order valence-electron chi connectivity index (χ0n) is 10.4. The van der Waals surface area contributed by atoms with Crippen molar-refractivity contribution in [2.24, 2.45) is 0 Å². The number of hydrogen-bond donors (Lipinski definition) is 2. The van der Waals surface area contributed by atoms with Gasteiger partial charge in [0.25, 0.3) is 0 Å². The van der Waals surface area contributed by atoms with Gasteiger partial charge >= 0.3 is 0 Å². The number of Topliss-reactive ketones (excluding diaryl/α,β-unsaturated/α-hetero) is 1. The fourth-order valence-corrected chi connectivity index (χ4v) is 1.38. The number of benzene rings is 1. The molecule has 0 unspecified atom stereocenters. The lowest BCUT2D eigenvalue weighted by atomic mass is 10.1. The van der Waals surface area contributed by atoms with Gasteiger partial charge in [-0.3, -0.25) is 14.4 Å². The van der Waals surface area contributed by atoms with Crippen LogP contribution in [0.4, 0.5) is 5.69 Å². The highest BCUT2D eigenvalue weighted by atomic mass is 16.2. The van der Waals surface area contributed by atoms with Gasteiger partial charge in [0, 0.05) is 24.6 Å². The molecule has 0 aliphatic heterocycles. The zero-order chi connectivity index (χ0) is 13.5. The first-order chi connectivity index (χ1) is 8.52. The van der Waals surface area contributed by atoms with Crippen molar-refractivity contribution >= 4 is 23.3 Å². The summed E-state index contributed by atoms with van der Waals surface area (Å²) < 4.78 is 0. The predicted octanol–water partition coefficient (Wildman–Crippen LogP) is 1.35. The summed E-state index contributed by atoms with van der Waals surface area (Å²) in [6.45, 7) is 3.09. The Kier molecular flexibility index (Phi) is 5.05. The van der Waals surface area contributed by atoms with Crippen LogP contribution in [0.1, 0.15) is 30.6 Å². The fourth-order valence-electron chi connectivity index (χ4n) is 1.38. The van der Waals surface area contributed by atoms with Crippen molar-refractivity contribution in [2.75, 3.05) is 11.9 Å². The molecule has 0 atom stereocenters. The Labute approximate surface area is 106 Å². The Morgan fingerprint density at radius 1 is 1.22 bits per heavy atom. The second kappa shape index (κ2) is 6.54. The van der Waals surface area contributed by atoms with Gasteiger partial charge in [-0.2, -0.15) is 0 Å². The fraction of sp³-hybridized carbons (Fsp3) is 0.308. The summed E-state index contributed by atoms with van der Waals surface area (Å²) in [7, 11) is 0. The number of hydrogen-bond acceptors (Lipinski definition) is 3. The largest absolute Gasteiger partial charge is 0.349 e. The van der Waals surface area contributed by atoms with E-state index in [-0.39, 0.29) is 24.1 Å². The van der Waals surface area contributed by atoms with Crippen LogP contribution >= 0.6 is 0 Å². The minimum atomic E-state index is -0.195. The molecule has 0 spiro atoms. The average molecular weight is 248 g/mol. The SMILES string of the molecule is CCC(=O)NCC(=O)c1cccc(NC(C)=O)c1. The molecule has 2 N–H and O–H groups in total. The maximum Gasteiger partial charge on any atom is 0.221 e. The molecule has 1 rings (SSSR count). The summed E-state index contributed by atoms with van der Waals surface area (Å²) in [4.78, 5) is 33.7. The maximum atomic E-state index is 11.8. The van der Waals surface area contributed by atoms with E-state index in [2.05, 4.69) is 10.6 Å². The maximum absolute atomic E-state index is 11.8. The highest BCUT2D eigenvalue weighted by Crippen LogP contribution is 2.10. The smallest absolute Gasteiger partial charge is 0.221 e. The molecule has 0 aliphatic carbocycles. The van der Waals surface area contributed by atoms with Crippen LogP contribution in [0.2, 0.25) is 0 Å². The van der Waals surface area contributed by atoms with Crippen LogP contribution in [0.5, 0.6) is 0 Å². The van der Waals surface area contributed by atoms with Crippen LogP contribution in [0.15, 0.2) is 24.3 Å². The Morgan fingerprint density at radius 3 is 2.56 bits per heavy atom. The summed E-state index contributed by atoms with van der Waals surface area (Å²) in [5, 5.41) is 5.11. The molecular weight excluding hydrogens is 232 g/mol. The molecule has 1 aromatic rings. The van der Waals surface area contributed by atoms with Crippen molar-refractivity contribution in [2.45, 2.75) is 20.3 Å². The third-order valence-corrected chi connectivity index (χ3v) is 2.27. The molecule has 1 aromatic carbocycles. The molecule has 0 bridgehead atoms. The molecule has 18 heavy (non-hydrogen) atoms. The molecule has 0 aromatic heterocycles. The van der Waals surface area contributed by atoms with Gasteiger partial charge in [0.1, 0.15) is 0 Å². The lowest BCUT2D eigenvalue weighted by molar-refractivity contribution is -0.120. The lowest BCUT2D eigenvalue weighted by Crippen LogP contribution is -2.28. The van der Waals surface area contributed by atoms with Gasteiger partial charge < -0.3 is 10.6 Å². The van der Waals surface area contributed by atoms with Crippen LogP contribution in [0.25, 0.3) is 0 Å². The first-order valence-electron chi connectivity index (χ1n) is 5.70. The second-order valence-corrected chi connectivity index (χ2v) is 3.82. The van der Waals surface area contributed by atoms with E-state index in [0.717, 1.165) is 0 Å². The number of nitrogens with one attached hydrogen (secondary N) is 2.